The Morgan fingerprint density at radius 3 is 2.22 bits per heavy atom. The van der Waals surface area contributed by atoms with Crippen LogP contribution in [0.15, 0.2) is 76.6 Å². The van der Waals surface area contributed by atoms with Crippen LogP contribution in [0.25, 0.3) is 5.69 Å². The van der Waals surface area contributed by atoms with Gasteiger partial charge >= 0.3 is 5.97 Å². The molecule has 136 valence electrons. The Hall–Kier alpha value is -3.32. The number of hydrogen-bond acceptors (Lipinski definition) is 5. The zero-order valence-corrected chi connectivity index (χ0v) is 15.6. The van der Waals surface area contributed by atoms with Crippen molar-refractivity contribution in [3.05, 3.63) is 93.1 Å². The van der Waals surface area contributed by atoms with E-state index in [9.17, 15) is 9.59 Å². The number of esters is 1. The molecule has 7 heteroatoms. The lowest BCUT2D eigenvalue weighted by atomic mass is 10.1. The Kier molecular flexibility index (Phi) is 5.42. The van der Waals surface area contributed by atoms with Gasteiger partial charge in [-0.3, -0.25) is 9.36 Å². The minimum Gasteiger partial charge on any atom is -0.464 e. The number of rotatable bonds is 4. The van der Waals surface area contributed by atoms with E-state index in [2.05, 4.69) is 5.10 Å². The van der Waals surface area contributed by atoms with Gasteiger partial charge in [-0.2, -0.15) is 9.78 Å². The number of methoxy groups -OCH3 is 1. The molecular formula is C20H17N3O3S. The summed E-state index contributed by atoms with van der Waals surface area (Å²) in [6, 6.07) is 19.6. The lowest BCUT2D eigenvalue weighted by Crippen LogP contribution is -2.26. The van der Waals surface area contributed by atoms with Crippen molar-refractivity contribution in [1.82, 2.24) is 9.24 Å². The Balaban J connectivity index is 2.29. The van der Waals surface area contributed by atoms with E-state index in [0.717, 1.165) is 5.56 Å². The minimum atomic E-state index is -0.692. The number of aromatic nitrogens is 2. The summed E-state index contributed by atoms with van der Waals surface area (Å²) >= 11 is 5.50. The summed E-state index contributed by atoms with van der Waals surface area (Å²) in [5.41, 5.74) is 1.62. The van der Waals surface area contributed by atoms with Crippen LogP contribution < -0.4 is 5.56 Å². The van der Waals surface area contributed by atoms with Crippen molar-refractivity contribution < 1.29 is 9.53 Å². The average Bonchev–Trinajstić information content (AvgIpc) is 2.70. The van der Waals surface area contributed by atoms with Gasteiger partial charge in [-0.15, -0.1) is 0 Å². The summed E-state index contributed by atoms with van der Waals surface area (Å²) in [7, 11) is 1.24. The molecule has 0 aliphatic carbocycles. The summed E-state index contributed by atoms with van der Waals surface area (Å²) < 4.78 is 7.45. The summed E-state index contributed by atoms with van der Waals surface area (Å²) in [5.74, 6) is -0.692. The van der Waals surface area contributed by atoms with Crippen LogP contribution in [0.5, 0.6) is 0 Å². The van der Waals surface area contributed by atoms with E-state index in [0.29, 0.717) is 11.4 Å². The maximum atomic E-state index is 12.6. The van der Waals surface area contributed by atoms with Gasteiger partial charge in [-0.05, 0) is 36.8 Å². The maximum Gasteiger partial charge on any atom is 0.357 e. The third-order valence-corrected chi connectivity index (χ3v) is 4.29. The second kappa shape index (κ2) is 7.92. The van der Waals surface area contributed by atoms with Gasteiger partial charge in [-0.25, -0.2) is 4.79 Å². The van der Waals surface area contributed by atoms with E-state index in [4.69, 9.17) is 17.0 Å². The Morgan fingerprint density at radius 1 is 1.04 bits per heavy atom. The van der Waals surface area contributed by atoms with Gasteiger partial charge in [0.25, 0.3) is 5.56 Å². The first kappa shape index (κ1) is 18.5. The van der Waals surface area contributed by atoms with Gasteiger partial charge in [0.05, 0.1) is 18.5 Å². The molecule has 0 spiro atoms. The summed E-state index contributed by atoms with van der Waals surface area (Å²) in [6.07, 6.45) is 0. The molecule has 0 aliphatic heterocycles. The van der Waals surface area contributed by atoms with Gasteiger partial charge in [-0.1, -0.05) is 48.5 Å². The predicted octanol–water partition coefficient (Wildman–Crippen LogP) is 3.43. The van der Waals surface area contributed by atoms with Crippen LogP contribution >= 0.6 is 12.2 Å². The first-order valence-electron chi connectivity index (χ1n) is 8.17. The number of benzene rings is 2. The van der Waals surface area contributed by atoms with E-state index in [-0.39, 0.29) is 10.5 Å². The molecule has 0 aliphatic rings. The monoisotopic (exact) mass is 379 g/mol. The molecule has 0 saturated carbocycles. The second-order valence-electron chi connectivity index (χ2n) is 5.68. The quantitative estimate of drug-likeness (QED) is 0.396. The third-order valence-electron chi connectivity index (χ3n) is 3.93. The fourth-order valence-electron chi connectivity index (χ4n) is 2.58. The molecule has 0 radical (unpaired) electrons. The summed E-state index contributed by atoms with van der Waals surface area (Å²) in [4.78, 5) is 24.8. The van der Waals surface area contributed by atoms with Gasteiger partial charge in [0.1, 0.15) is 0 Å². The molecule has 0 bridgehead atoms. The summed E-state index contributed by atoms with van der Waals surface area (Å²) in [5, 5.41) is 4.49. The molecule has 0 atom stereocenters. The highest BCUT2D eigenvalue weighted by Crippen LogP contribution is 2.10. The van der Waals surface area contributed by atoms with Crippen LogP contribution in [0.1, 0.15) is 23.0 Å². The van der Waals surface area contributed by atoms with Gasteiger partial charge in [0.2, 0.25) is 4.77 Å². The standard InChI is InChI=1S/C20H17N3O3S/c1-14(15-9-5-3-6-10-15)21-23-17(19(25)26-2)13-18(24)22(20(23)27)16-11-7-4-8-12-16/h3-13H,1-2H3/b21-14-. The Morgan fingerprint density at radius 2 is 1.63 bits per heavy atom. The molecule has 6 nitrogen and oxygen atoms in total. The Bertz CT molecular complexity index is 1120. The van der Waals surface area contributed by atoms with Crippen LogP contribution in [-0.4, -0.2) is 28.0 Å². The van der Waals surface area contributed by atoms with Crippen LogP contribution in [0.3, 0.4) is 0 Å². The number of ether oxygens (including phenoxy) is 1. The number of hydrogen-bond donors (Lipinski definition) is 0. The molecule has 1 heterocycles. The molecular weight excluding hydrogens is 362 g/mol. The fraction of sp³-hybridized carbons (Fsp3) is 0.100. The fourth-order valence-corrected chi connectivity index (χ4v) is 2.92. The van der Waals surface area contributed by atoms with Crippen molar-refractivity contribution in [2.45, 2.75) is 6.92 Å². The van der Waals surface area contributed by atoms with Crippen LogP contribution in [0, 0.1) is 4.77 Å². The second-order valence-corrected chi connectivity index (χ2v) is 6.04. The highest BCUT2D eigenvalue weighted by Gasteiger charge is 2.17. The van der Waals surface area contributed by atoms with Gasteiger partial charge < -0.3 is 4.74 Å². The molecule has 27 heavy (non-hydrogen) atoms. The number of nitrogens with zero attached hydrogens (tertiary/aromatic N) is 3. The molecule has 0 fully saturated rings. The average molecular weight is 379 g/mol. The first-order valence-corrected chi connectivity index (χ1v) is 8.57. The highest BCUT2D eigenvalue weighted by molar-refractivity contribution is 7.71. The Labute approximate surface area is 161 Å². The minimum absolute atomic E-state index is 0.0324. The van der Waals surface area contributed by atoms with Gasteiger partial charge in [0.15, 0.2) is 5.69 Å². The molecule has 2 aromatic carbocycles. The smallest absolute Gasteiger partial charge is 0.357 e. The topological polar surface area (TPSA) is 65.6 Å². The van der Waals surface area contributed by atoms with Crippen LogP contribution in [-0.2, 0) is 4.74 Å². The lowest BCUT2D eigenvalue weighted by molar-refractivity contribution is 0.0587. The number of carbonyl (C=O) groups is 1. The molecule has 0 N–H and O–H groups in total. The van der Waals surface area contributed by atoms with Crippen molar-refractivity contribution in [2.75, 3.05) is 7.11 Å². The highest BCUT2D eigenvalue weighted by atomic mass is 32.1. The summed E-state index contributed by atoms with van der Waals surface area (Å²) in [6.45, 7) is 1.80. The largest absolute Gasteiger partial charge is 0.464 e. The lowest BCUT2D eigenvalue weighted by Gasteiger charge is -2.13. The maximum absolute atomic E-state index is 12.6. The van der Waals surface area contributed by atoms with E-state index < -0.39 is 11.5 Å². The van der Waals surface area contributed by atoms with E-state index in [1.54, 1.807) is 31.2 Å². The molecule has 3 aromatic rings. The number of para-hydroxylation sites is 1. The molecule has 3 rings (SSSR count). The van der Waals surface area contributed by atoms with Crippen molar-refractivity contribution in [3.8, 4) is 5.69 Å². The zero-order valence-electron chi connectivity index (χ0n) is 14.8. The van der Waals surface area contributed by atoms with Crippen molar-refractivity contribution in [1.29, 1.82) is 0 Å². The van der Waals surface area contributed by atoms with E-state index in [1.807, 2.05) is 36.4 Å². The van der Waals surface area contributed by atoms with Crippen LogP contribution in [0.4, 0.5) is 0 Å². The SMILES string of the molecule is COC(=O)c1cc(=O)n(-c2ccccc2)c(=S)n1/N=C(/C)c1ccccc1. The predicted molar refractivity (Wildman–Crippen MR) is 106 cm³/mol. The molecule has 0 unspecified atom stereocenters. The zero-order chi connectivity index (χ0) is 19.4. The van der Waals surface area contributed by atoms with E-state index in [1.165, 1.54) is 22.4 Å². The normalized spacial score (nSPS) is 11.3. The number of carbonyl (C=O) groups excluding carboxylic acids is 1. The molecule has 1 aromatic heterocycles. The van der Waals surface area contributed by atoms with Gasteiger partial charge in [0, 0.05) is 6.07 Å². The van der Waals surface area contributed by atoms with Crippen LogP contribution in [0.2, 0.25) is 0 Å². The van der Waals surface area contributed by atoms with Crippen molar-refractivity contribution in [3.63, 3.8) is 0 Å². The first-order chi connectivity index (χ1) is 13.0. The molecule has 0 saturated heterocycles. The van der Waals surface area contributed by atoms with Crippen molar-refractivity contribution in [2.24, 2.45) is 5.10 Å². The van der Waals surface area contributed by atoms with E-state index >= 15 is 0 Å². The molecule has 0 amide bonds. The third kappa shape index (κ3) is 3.78. The van der Waals surface area contributed by atoms with Crippen molar-refractivity contribution >= 4 is 23.9 Å².